The first kappa shape index (κ1) is 18.1. The fourth-order valence-electron chi connectivity index (χ4n) is 3.39. The van der Waals surface area contributed by atoms with Crippen LogP contribution in [0.1, 0.15) is 16.1 Å². The number of amides is 1. The summed E-state index contributed by atoms with van der Waals surface area (Å²) in [4.78, 5) is 17.0. The van der Waals surface area contributed by atoms with Crippen molar-refractivity contribution >= 4 is 32.8 Å². The zero-order chi connectivity index (χ0) is 18.8. The average molecular weight is 429 g/mol. The number of fused-ring (bicyclic) bond motifs is 1. The molecule has 3 aromatic rings. The van der Waals surface area contributed by atoms with Crippen LogP contribution < -0.4 is 4.74 Å². The van der Waals surface area contributed by atoms with Crippen LogP contribution >= 0.6 is 15.9 Å². The van der Waals surface area contributed by atoms with Crippen LogP contribution in [0.4, 0.5) is 0 Å². The number of hydrogen-bond acceptors (Lipinski definition) is 4. The molecular weight excluding hydrogens is 408 g/mol. The minimum Gasteiger partial charge on any atom is -0.497 e. The Balaban J connectivity index is 1.37. The predicted molar refractivity (Wildman–Crippen MR) is 108 cm³/mol. The van der Waals surface area contributed by atoms with Gasteiger partial charge in [-0.3, -0.25) is 9.69 Å². The van der Waals surface area contributed by atoms with Gasteiger partial charge in [-0.1, -0.05) is 24.3 Å². The maximum Gasteiger partial charge on any atom is 0.289 e. The smallest absolute Gasteiger partial charge is 0.289 e. The molecule has 2 heterocycles. The minimum absolute atomic E-state index is 0.0396. The van der Waals surface area contributed by atoms with E-state index in [9.17, 15) is 4.79 Å². The van der Waals surface area contributed by atoms with E-state index < -0.39 is 0 Å². The molecule has 27 heavy (non-hydrogen) atoms. The molecule has 0 N–H and O–H groups in total. The van der Waals surface area contributed by atoms with Gasteiger partial charge in [-0.05, 0) is 45.8 Å². The highest BCUT2D eigenvalue weighted by Gasteiger charge is 2.24. The van der Waals surface area contributed by atoms with Crippen molar-refractivity contribution in [1.29, 1.82) is 0 Å². The Morgan fingerprint density at radius 1 is 1.11 bits per heavy atom. The molecule has 1 amide bonds. The van der Waals surface area contributed by atoms with Crippen LogP contribution in [0.2, 0.25) is 0 Å². The molecule has 5 nitrogen and oxygen atoms in total. The van der Waals surface area contributed by atoms with Gasteiger partial charge in [0.25, 0.3) is 5.91 Å². The van der Waals surface area contributed by atoms with Crippen LogP contribution in [0.25, 0.3) is 11.0 Å². The summed E-state index contributed by atoms with van der Waals surface area (Å²) < 4.78 is 11.9. The van der Waals surface area contributed by atoms with E-state index in [-0.39, 0.29) is 5.91 Å². The van der Waals surface area contributed by atoms with Crippen LogP contribution in [0, 0.1) is 0 Å². The highest BCUT2D eigenvalue weighted by molar-refractivity contribution is 9.10. The van der Waals surface area contributed by atoms with Crippen molar-refractivity contribution in [3.05, 3.63) is 64.3 Å². The summed E-state index contributed by atoms with van der Waals surface area (Å²) in [5.74, 6) is 1.23. The molecule has 0 spiro atoms. The molecule has 0 aliphatic carbocycles. The summed E-state index contributed by atoms with van der Waals surface area (Å²) in [6.45, 7) is 3.98. The first-order chi connectivity index (χ1) is 13.1. The number of hydrogen-bond donors (Lipinski definition) is 0. The highest BCUT2D eigenvalue weighted by atomic mass is 79.9. The Bertz CT molecular complexity index is 944. The highest BCUT2D eigenvalue weighted by Crippen LogP contribution is 2.27. The molecule has 140 valence electrons. The molecule has 1 aromatic heterocycles. The molecule has 1 aliphatic rings. The number of para-hydroxylation sites is 1. The zero-order valence-electron chi connectivity index (χ0n) is 15.2. The molecule has 0 saturated carbocycles. The molecular formula is C21H21BrN2O3. The van der Waals surface area contributed by atoms with Gasteiger partial charge in [0.2, 0.25) is 0 Å². The molecule has 6 heteroatoms. The van der Waals surface area contributed by atoms with E-state index in [0.29, 0.717) is 18.8 Å². The summed E-state index contributed by atoms with van der Waals surface area (Å²) in [6.07, 6.45) is 0. The third kappa shape index (κ3) is 3.87. The van der Waals surface area contributed by atoms with Crippen LogP contribution in [0.5, 0.6) is 5.75 Å². The van der Waals surface area contributed by atoms with E-state index in [1.807, 2.05) is 41.3 Å². The predicted octanol–water partition coefficient (Wildman–Crippen LogP) is 4.16. The summed E-state index contributed by atoms with van der Waals surface area (Å²) >= 11 is 3.47. The van der Waals surface area contributed by atoms with Gasteiger partial charge in [-0.15, -0.1) is 0 Å². The summed E-state index contributed by atoms with van der Waals surface area (Å²) in [7, 11) is 1.67. The van der Waals surface area contributed by atoms with Crippen molar-refractivity contribution < 1.29 is 13.9 Å². The molecule has 1 saturated heterocycles. The lowest BCUT2D eigenvalue weighted by Crippen LogP contribution is -2.48. The first-order valence-electron chi connectivity index (χ1n) is 8.96. The summed E-state index contributed by atoms with van der Waals surface area (Å²) in [6, 6.07) is 15.8. The third-order valence-electron chi connectivity index (χ3n) is 4.93. The van der Waals surface area contributed by atoms with Crippen LogP contribution in [0.15, 0.2) is 57.4 Å². The lowest BCUT2D eigenvalue weighted by atomic mass is 10.2. The van der Waals surface area contributed by atoms with Crippen molar-refractivity contribution in [3.8, 4) is 5.75 Å². The van der Waals surface area contributed by atoms with Crippen molar-refractivity contribution in [1.82, 2.24) is 9.80 Å². The van der Waals surface area contributed by atoms with Gasteiger partial charge in [0, 0.05) is 38.1 Å². The van der Waals surface area contributed by atoms with Gasteiger partial charge in [0.05, 0.1) is 11.6 Å². The van der Waals surface area contributed by atoms with Crippen LogP contribution in [0.3, 0.4) is 0 Å². The number of furan rings is 1. The van der Waals surface area contributed by atoms with Crippen molar-refractivity contribution in [3.63, 3.8) is 0 Å². The van der Waals surface area contributed by atoms with Gasteiger partial charge in [0.15, 0.2) is 5.76 Å². The standard InChI is InChI=1S/C21H21BrN2O3/c1-26-17-7-5-15(6-8-17)14-23-9-11-24(12-10-23)21(25)19-13-16-3-2-4-18(22)20(16)27-19/h2-8,13H,9-12,14H2,1H3. The number of rotatable bonds is 4. The lowest BCUT2D eigenvalue weighted by Gasteiger charge is -2.34. The fourth-order valence-corrected chi connectivity index (χ4v) is 3.85. The SMILES string of the molecule is COc1ccc(CN2CCN(C(=O)c3cc4cccc(Br)c4o3)CC2)cc1. The molecule has 4 rings (SSSR count). The molecule has 0 unspecified atom stereocenters. The van der Waals surface area contributed by atoms with Gasteiger partial charge in [-0.2, -0.15) is 0 Å². The minimum atomic E-state index is -0.0396. The second-order valence-corrected chi connectivity index (χ2v) is 7.54. The number of halogens is 1. The van der Waals surface area contributed by atoms with Crippen molar-refractivity contribution in [2.75, 3.05) is 33.3 Å². The van der Waals surface area contributed by atoms with E-state index in [4.69, 9.17) is 9.15 Å². The second kappa shape index (κ2) is 7.74. The zero-order valence-corrected chi connectivity index (χ0v) is 16.7. The Labute approximate surface area is 166 Å². The maximum atomic E-state index is 12.8. The molecule has 0 radical (unpaired) electrons. The maximum absolute atomic E-state index is 12.8. The topological polar surface area (TPSA) is 45.9 Å². The number of methoxy groups -OCH3 is 1. The van der Waals surface area contributed by atoms with Gasteiger partial charge in [-0.25, -0.2) is 0 Å². The van der Waals surface area contributed by atoms with E-state index in [1.165, 1.54) is 5.56 Å². The van der Waals surface area contributed by atoms with Gasteiger partial charge >= 0.3 is 0 Å². The summed E-state index contributed by atoms with van der Waals surface area (Å²) in [5.41, 5.74) is 1.97. The molecule has 1 fully saturated rings. The second-order valence-electron chi connectivity index (χ2n) is 6.69. The van der Waals surface area contributed by atoms with Gasteiger partial charge in [0.1, 0.15) is 11.3 Å². The van der Waals surface area contributed by atoms with E-state index in [2.05, 4.69) is 33.0 Å². The Morgan fingerprint density at radius 3 is 2.52 bits per heavy atom. The quantitative estimate of drug-likeness (QED) is 0.625. The Hall–Kier alpha value is -2.31. The fraction of sp³-hybridized carbons (Fsp3) is 0.286. The van der Waals surface area contributed by atoms with Crippen molar-refractivity contribution in [2.24, 2.45) is 0 Å². The van der Waals surface area contributed by atoms with Crippen molar-refractivity contribution in [2.45, 2.75) is 6.54 Å². The van der Waals surface area contributed by atoms with Crippen LogP contribution in [-0.4, -0.2) is 49.0 Å². The largest absolute Gasteiger partial charge is 0.497 e. The Kier molecular flexibility index (Phi) is 5.18. The number of ether oxygens (including phenoxy) is 1. The third-order valence-corrected chi connectivity index (χ3v) is 5.56. The summed E-state index contributed by atoms with van der Waals surface area (Å²) in [5, 5.41) is 0.936. The van der Waals surface area contributed by atoms with Crippen LogP contribution in [-0.2, 0) is 6.54 Å². The molecule has 1 aliphatic heterocycles. The first-order valence-corrected chi connectivity index (χ1v) is 9.76. The molecule has 0 bridgehead atoms. The monoisotopic (exact) mass is 428 g/mol. The number of carbonyl (C=O) groups is 1. The number of benzene rings is 2. The number of nitrogens with zero attached hydrogens (tertiary/aromatic N) is 2. The molecule has 0 atom stereocenters. The lowest BCUT2D eigenvalue weighted by molar-refractivity contribution is 0.0600. The number of piperazine rings is 1. The number of carbonyl (C=O) groups excluding carboxylic acids is 1. The van der Waals surface area contributed by atoms with E-state index in [1.54, 1.807) is 7.11 Å². The van der Waals surface area contributed by atoms with Gasteiger partial charge < -0.3 is 14.1 Å². The average Bonchev–Trinajstić information content (AvgIpc) is 3.14. The van der Waals surface area contributed by atoms with E-state index in [0.717, 1.165) is 40.8 Å². The normalized spacial score (nSPS) is 15.3. The molecule has 2 aromatic carbocycles. The Morgan fingerprint density at radius 2 is 1.85 bits per heavy atom. The van der Waals surface area contributed by atoms with E-state index >= 15 is 0 Å².